The zero-order valence-electron chi connectivity index (χ0n) is 9.72. The number of carbonyl (C=O) groups is 1. The van der Waals surface area contributed by atoms with Crippen molar-refractivity contribution < 1.29 is 9.21 Å². The van der Waals surface area contributed by atoms with E-state index in [0.717, 1.165) is 5.56 Å². The van der Waals surface area contributed by atoms with Crippen LogP contribution in [0.25, 0.3) is 0 Å². The van der Waals surface area contributed by atoms with Crippen LogP contribution in [0.5, 0.6) is 0 Å². The van der Waals surface area contributed by atoms with E-state index in [1.54, 1.807) is 19.4 Å². The van der Waals surface area contributed by atoms with E-state index in [-0.39, 0.29) is 11.8 Å². The minimum Gasteiger partial charge on any atom is -0.469 e. The first-order valence-electron chi connectivity index (χ1n) is 5.60. The minimum absolute atomic E-state index is 0.0243. The summed E-state index contributed by atoms with van der Waals surface area (Å²) in [6.07, 6.45) is 2.24. The van der Waals surface area contributed by atoms with Crippen LogP contribution >= 0.6 is 0 Å². The van der Waals surface area contributed by atoms with E-state index >= 15 is 0 Å². The van der Waals surface area contributed by atoms with Gasteiger partial charge in [0.2, 0.25) is 5.91 Å². The number of likely N-dealkylation sites (N-methyl/N-ethyl adjacent to an activating group) is 1. The van der Waals surface area contributed by atoms with Crippen LogP contribution in [-0.4, -0.2) is 13.0 Å². The first-order chi connectivity index (χ1) is 8.31. The zero-order chi connectivity index (χ0) is 12.1. The van der Waals surface area contributed by atoms with Gasteiger partial charge in [0.15, 0.2) is 0 Å². The van der Waals surface area contributed by atoms with Crippen molar-refractivity contribution in [2.75, 3.05) is 7.05 Å². The monoisotopic (exact) mass is 229 g/mol. The van der Waals surface area contributed by atoms with Gasteiger partial charge in [0.05, 0.1) is 12.2 Å². The van der Waals surface area contributed by atoms with Crippen LogP contribution in [-0.2, 0) is 11.2 Å². The Hall–Kier alpha value is -2.03. The number of nitrogens with one attached hydrogen (secondary N) is 1. The molecule has 1 unspecified atom stereocenters. The molecule has 1 aromatic carbocycles. The van der Waals surface area contributed by atoms with Gasteiger partial charge in [-0.15, -0.1) is 0 Å². The van der Waals surface area contributed by atoms with Crippen molar-refractivity contribution in [2.45, 2.75) is 12.3 Å². The molecule has 3 heteroatoms. The van der Waals surface area contributed by atoms with Gasteiger partial charge in [-0.3, -0.25) is 4.79 Å². The molecule has 0 aliphatic rings. The number of carbonyl (C=O) groups excluding carboxylic acids is 1. The smallest absolute Gasteiger partial charge is 0.230 e. The second kappa shape index (κ2) is 5.34. The van der Waals surface area contributed by atoms with Gasteiger partial charge in [-0.2, -0.15) is 0 Å². The van der Waals surface area contributed by atoms with Gasteiger partial charge in [-0.05, 0) is 24.1 Å². The standard InChI is InChI=1S/C14H15NO2/c1-15-14(16)12(13-8-5-9-17-13)10-11-6-3-2-4-7-11/h2-9,12H,10H2,1H3,(H,15,16). The summed E-state index contributed by atoms with van der Waals surface area (Å²) in [7, 11) is 1.64. The van der Waals surface area contributed by atoms with Gasteiger partial charge in [0, 0.05) is 7.05 Å². The third kappa shape index (κ3) is 2.75. The predicted octanol–water partition coefficient (Wildman–Crippen LogP) is 2.35. The van der Waals surface area contributed by atoms with Crippen LogP contribution in [0.1, 0.15) is 17.2 Å². The maximum Gasteiger partial charge on any atom is 0.230 e. The maximum absolute atomic E-state index is 11.8. The van der Waals surface area contributed by atoms with E-state index in [1.807, 2.05) is 36.4 Å². The third-order valence-corrected chi connectivity index (χ3v) is 2.73. The van der Waals surface area contributed by atoms with Gasteiger partial charge in [-0.1, -0.05) is 30.3 Å². The molecule has 0 saturated heterocycles. The second-order valence-corrected chi connectivity index (χ2v) is 3.87. The first-order valence-corrected chi connectivity index (χ1v) is 5.60. The number of hydrogen-bond acceptors (Lipinski definition) is 2. The molecule has 1 amide bonds. The van der Waals surface area contributed by atoms with Gasteiger partial charge >= 0.3 is 0 Å². The van der Waals surface area contributed by atoms with E-state index in [2.05, 4.69) is 5.32 Å². The molecule has 0 saturated carbocycles. The molecule has 0 spiro atoms. The number of rotatable bonds is 4. The third-order valence-electron chi connectivity index (χ3n) is 2.73. The Morgan fingerprint density at radius 2 is 2.00 bits per heavy atom. The Morgan fingerprint density at radius 1 is 1.24 bits per heavy atom. The van der Waals surface area contributed by atoms with Crippen molar-refractivity contribution in [3.63, 3.8) is 0 Å². The quantitative estimate of drug-likeness (QED) is 0.874. The molecule has 1 aromatic heterocycles. The lowest BCUT2D eigenvalue weighted by Gasteiger charge is -2.12. The number of hydrogen-bond donors (Lipinski definition) is 1. The summed E-state index contributed by atoms with van der Waals surface area (Å²) in [5.41, 5.74) is 1.12. The molecule has 2 rings (SSSR count). The van der Waals surface area contributed by atoms with Gasteiger partial charge in [0.25, 0.3) is 0 Å². The molecule has 0 aliphatic carbocycles. The fourth-order valence-corrected chi connectivity index (χ4v) is 1.84. The van der Waals surface area contributed by atoms with Crippen LogP contribution in [0.3, 0.4) is 0 Å². The Balaban J connectivity index is 2.20. The average Bonchev–Trinajstić information content (AvgIpc) is 2.90. The molecule has 0 bridgehead atoms. The summed E-state index contributed by atoms with van der Waals surface area (Å²) in [6, 6.07) is 13.6. The highest BCUT2D eigenvalue weighted by Crippen LogP contribution is 2.21. The molecular weight excluding hydrogens is 214 g/mol. The van der Waals surface area contributed by atoms with E-state index in [4.69, 9.17) is 4.42 Å². The summed E-state index contributed by atoms with van der Waals surface area (Å²) in [6.45, 7) is 0. The highest BCUT2D eigenvalue weighted by Gasteiger charge is 2.22. The predicted molar refractivity (Wildman–Crippen MR) is 65.7 cm³/mol. The summed E-state index contributed by atoms with van der Waals surface area (Å²) in [5, 5.41) is 2.67. The largest absolute Gasteiger partial charge is 0.469 e. The van der Waals surface area contributed by atoms with E-state index in [1.165, 1.54) is 0 Å². The number of benzene rings is 1. The fraction of sp³-hybridized carbons (Fsp3) is 0.214. The van der Waals surface area contributed by atoms with Crippen LogP contribution in [0.15, 0.2) is 53.1 Å². The molecule has 0 fully saturated rings. The first kappa shape index (κ1) is 11.5. The molecular formula is C14H15NO2. The van der Waals surface area contributed by atoms with Crippen molar-refractivity contribution in [2.24, 2.45) is 0 Å². The van der Waals surface area contributed by atoms with Gasteiger partial charge in [0.1, 0.15) is 5.76 Å². The fourth-order valence-electron chi connectivity index (χ4n) is 1.84. The summed E-state index contributed by atoms with van der Waals surface area (Å²) < 4.78 is 5.33. The molecule has 88 valence electrons. The molecule has 0 radical (unpaired) electrons. The summed E-state index contributed by atoms with van der Waals surface area (Å²) in [5.74, 6) is 0.411. The molecule has 1 atom stereocenters. The highest BCUT2D eigenvalue weighted by molar-refractivity contribution is 5.83. The van der Waals surface area contributed by atoms with Crippen molar-refractivity contribution >= 4 is 5.91 Å². The van der Waals surface area contributed by atoms with Crippen molar-refractivity contribution in [3.05, 3.63) is 60.1 Å². The lowest BCUT2D eigenvalue weighted by molar-refractivity contribution is -0.122. The molecule has 3 nitrogen and oxygen atoms in total. The summed E-state index contributed by atoms with van der Waals surface area (Å²) in [4.78, 5) is 11.8. The van der Waals surface area contributed by atoms with Crippen LogP contribution in [0.4, 0.5) is 0 Å². The van der Waals surface area contributed by atoms with Crippen LogP contribution in [0.2, 0.25) is 0 Å². The molecule has 17 heavy (non-hydrogen) atoms. The second-order valence-electron chi connectivity index (χ2n) is 3.87. The van der Waals surface area contributed by atoms with Crippen molar-refractivity contribution in [3.8, 4) is 0 Å². The zero-order valence-corrected chi connectivity index (χ0v) is 9.72. The topological polar surface area (TPSA) is 42.2 Å². The van der Waals surface area contributed by atoms with Crippen molar-refractivity contribution in [1.82, 2.24) is 5.32 Å². The van der Waals surface area contributed by atoms with Crippen LogP contribution < -0.4 is 5.32 Å². The lowest BCUT2D eigenvalue weighted by atomic mass is 9.96. The van der Waals surface area contributed by atoms with Crippen molar-refractivity contribution in [1.29, 1.82) is 0 Å². The van der Waals surface area contributed by atoms with E-state index < -0.39 is 0 Å². The SMILES string of the molecule is CNC(=O)C(Cc1ccccc1)c1ccco1. The Morgan fingerprint density at radius 3 is 2.59 bits per heavy atom. The molecule has 2 aromatic rings. The Kier molecular flexibility index (Phi) is 3.60. The number of amides is 1. The normalized spacial score (nSPS) is 12.1. The summed E-state index contributed by atoms with van der Waals surface area (Å²) >= 11 is 0. The van der Waals surface area contributed by atoms with Gasteiger partial charge in [-0.25, -0.2) is 0 Å². The Bertz CT molecular complexity index is 462. The lowest BCUT2D eigenvalue weighted by Crippen LogP contribution is -2.26. The molecule has 1 heterocycles. The average molecular weight is 229 g/mol. The van der Waals surface area contributed by atoms with E-state index in [9.17, 15) is 4.79 Å². The van der Waals surface area contributed by atoms with Gasteiger partial charge < -0.3 is 9.73 Å². The molecule has 0 aliphatic heterocycles. The highest BCUT2D eigenvalue weighted by atomic mass is 16.3. The van der Waals surface area contributed by atoms with Crippen LogP contribution in [0, 0.1) is 0 Å². The molecule has 1 N–H and O–H groups in total. The van der Waals surface area contributed by atoms with E-state index in [0.29, 0.717) is 12.2 Å². The minimum atomic E-state index is -0.266. The maximum atomic E-state index is 11.8. The number of furan rings is 1. The Labute approximate surface area is 100 Å².